The second kappa shape index (κ2) is 9.13. The lowest BCUT2D eigenvalue weighted by atomic mass is 10.1. The van der Waals surface area contributed by atoms with E-state index in [-0.39, 0.29) is 0 Å². The van der Waals surface area contributed by atoms with E-state index in [1.165, 1.54) is 4.90 Å². The lowest BCUT2D eigenvalue weighted by Crippen LogP contribution is -3.12. The van der Waals surface area contributed by atoms with Crippen molar-refractivity contribution in [2.24, 2.45) is 0 Å². The smallest absolute Gasteiger partial charge is 0.313 e. The van der Waals surface area contributed by atoms with E-state index >= 15 is 0 Å². The van der Waals surface area contributed by atoms with Gasteiger partial charge in [-0.25, -0.2) is 0 Å². The first-order chi connectivity index (χ1) is 10.1. The molecule has 0 saturated heterocycles. The number of anilines is 1. The summed E-state index contributed by atoms with van der Waals surface area (Å²) in [4.78, 5) is 25.0. The van der Waals surface area contributed by atoms with E-state index in [4.69, 9.17) is 0 Å². The summed E-state index contributed by atoms with van der Waals surface area (Å²) in [5, 5.41) is 5.34. The van der Waals surface area contributed by atoms with E-state index < -0.39 is 11.8 Å². The Kier molecular flexibility index (Phi) is 7.46. The maximum atomic E-state index is 11.9. The highest BCUT2D eigenvalue weighted by molar-refractivity contribution is 6.39. The largest absolute Gasteiger partial charge is 0.342 e. The third-order valence-electron chi connectivity index (χ3n) is 3.62. The van der Waals surface area contributed by atoms with Crippen LogP contribution in [-0.4, -0.2) is 38.0 Å². The van der Waals surface area contributed by atoms with Gasteiger partial charge in [-0.05, 0) is 31.9 Å². The van der Waals surface area contributed by atoms with Crippen LogP contribution in [0.15, 0.2) is 24.3 Å². The Morgan fingerprint density at radius 2 is 1.71 bits per heavy atom. The number of hydrogen-bond acceptors (Lipinski definition) is 2. The average molecular weight is 292 g/mol. The molecule has 0 unspecified atom stereocenters. The summed E-state index contributed by atoms with van der Waals surface area (Å²) in [5.74, 6) is -1.18. The van der Waals surface area contributed by atoms with Crippen molar-refractivity contribution in [2.75, 3.05) is 31.5 Å². The third kappa shape index (κ3) is 5.55. The van der Waals surface area contributed by atoms with Crippen LogP contribution >= 0.6 is 0 Å². The molecule has 0 bridgehead atoms. The summed E-state index contributed by atoms with van der Waals surface area (Å²) < 4.78 is 0. The SMILES string of the molecule is CCc1ccccc1NC(=O)C(=O)NCC[NH+](CC)CC. The third-order valence-corrected chi connectivity index (χ3v) is 3.62. The number of carbonyl (C=O) groups excluding carboxylic acids is 2. The fraction of sp³-hybridized carbons (Fsp3) is 0.500. The summed E-state index contributed by atoms with van der Waals surface area (Å²) in [7, 11) is 0. The molecular formula is C16H26N3O2+. The quantitative estimate of drug-likeness (QED) is 0.630. The van der Waals surface area contributed by atoms with Crippen LogP contribution in [-0.2, 0) is 16.0 Å². The number of amides is 2. The van der Waals surface area contributed by atoms with Crippen LogP contribution in [0.2, 0.25) is 0 Å². The van der Waals surface area contributed by atoms with Crippen LogP contribution in [0.3, 0.4) is 0 Å². The van der Waals surface area contributed by atoms with Crippen LogP contribution in [0.1, 0.15) is 26.3 Å². The van der Waals surface area contributed by atoms with Crippen molar-refractivity contribution in [1.29, 1.82) is 0 Å². The first-order valence-electron chi connectivity index (χ1n) is 7.62. The first-order valence-corrected chi connectivity index (χ1v) is 7.62. The topological polar surface area (TPSA) is 62.6 Å². The molecular weight excluding hydrogens is 266 g/mol. The number of likely N-dealkylation sites (N-methyl/N-ethyl adjacent to an activating group) is 1. The molecule has 0 aromatic heterocycles. The van der Waals surface area contributed by atoms with Crippen molar-refractivity contribution >= 4 is 17.5 Å². The number of hydrogen-bond donors (Lipinski definition) is 3. The van der Waals surface area contributed by atoms with E-state index in [1.54, 1.807) is 0 Å². The van der Waals surface area contributed by atoms with Gasteiger partial charge in [0.05, 0.1) is 26.2 Å². The van der Waals surface area contributed by atoms with Gasteiger partial charge in [-0.3, -0.25) is 9.59 Å². The number of nitrogens with one attached hydrogen (secondary N) is 3. The molecule has 1 aromatic carbocycles. The van der Waals surface area contributed by atoms with Gasteiger partial charge in [0, 0.05) is 5.69 Å². The zero-order chi connectivity index (χ0) is 15.7. The van der Waals surface area contributed by atoms with Gasteiger partial charge < -0.3 is 15.5 Å². The summed E-state index contributed by atoms with van der Waals surface area (Å²) in [6.45, 7) is 9.60. The second-order valence-corrected chi connectivity index (χ2v) is 4.93. The van der Waals surface area contributed by atoms with Gasteiger partial charge in [-0.15, -0.1) is 0 Å². The molecule has 0 saturated carbocycles. The predicted molar refractivity (Wildman–Crippen MR) is 84.4 cm³/mol. The molecule has 0 fully saturated rings. The molecule has 1 rings (SSSR count). The van der Waals surface area contributed by atoms with E-state index in [9.17, 15) is 9.59 Å². The van der Waals surface area contributed by atoms with Crippen molar-refractivity contribution in [2.45, 2.75) is 27.2 Å². The number of aryl methyl sites for hydroxylation is 1. The van der Waals surface area contributed by atoms with Crippen LogP contribution in [0.25, 0.3) is 0 Å². The first kappa shape index (κ1) is 17.2. The molecule has 5 heteroatoms. The molecule has 3 N–H and O–H groups in total. The van der Waals surface area contributed by atoms with Gasteiger partial charge in [0.15, 0.2) is 0 Å². The molecule has 2 amide bonds. The Morgan fingerprint density at radius 1 is 1.05 bits per heavy atom. The molecule has 0 aliphatic heterocycles. The highest BCUT2D eigenvalue weighted by Crippen LogP contribution is 2.14. The Balaban J connectivity index is 2.46. The zero-order valence-corrected chi connectivity index (χ0v) is 13.2. The fourth-order valence-electron chi connectivity index (χ4n) is 2.17. The second-order valence-electron chi connectivity index (χ2n) is 4.93. The predicted octanol–water partition coefficient (Wildman–Crippen LogP) is 0.228. The molecule has 0 atom stereocenters. The molecule has 0 spiro atoms. The molecule has 1 aromatic rings. The minimum absolute atomic E-state index is 0.513. The summed E-state index contributed by atoms with van der Waals surface area (Å²) in [5.41, 5.74) is 1.72. The van der Waals surface area contributed by atoms with Gasteiger partial charge in [0.25, 0.3) is 0 Å². The average Bonchev–Trinajstić information content (AvgIpc) is 2.51. The van der Waals surface area contributed by atoms with Crippen molar-refractivity contribution < 1.29 is 14.5 Å². The van der Waals surface area contributed by atoms with Crippen molar-refractivity contribution in [1.82, 2.24) is 5.32 Å². The van der Waals surface area contributed by atoms with E-state index in [2.05, 4.69) is 24.5 Å². The molecule has 0 aliphatic rings. The lowest BCUT2D eigenvalue weighted by Gasteiger charge is -2.15. The van der Waals surface area contributed by atoms with E-state index in [0.29, 0.717) is 12.2 Å². The molecule has 116 valence electrons. The standard InChI is InChI=1S/C16H25N3O2/c1-4-13-9-7-8-10-14(13)18-16(21)15(20)17-11-12-19(5-2)6-3/h7-10H,4-6,11-12H2,1-3H3,(H,17,20)(H,18,21)/p+1. The normalized spacial score (nSPS) is 10.5. The number of rotatable bonds is 7. The van der Waals surface area contributed by atoms with Crippen LogP contribution < -0.4 is 15.5 Å². The molecule has 0 aliphatic carbocycles. The van der Waals surface area contributed by atoms with E-state index in [0.717, 1.165) is 31.6 Å². The molecule has 5 nitrogen and oxygen atoms in total. The summed E-state index contributed by atoms with van der Waals surface area (Å²) in [6.07, 6.45) is 0.809. The number of benzene rings is 1. The Morgan fingerprint density at radius 3 is 2.33 bits per heavy atom. The molecule has 0 heterocycles. The molecule has 21 heavy (non-hydrogen) atoms. The van der Waals surface area contributed by atoms with Crippen LogP contribution in [0, 0.1) is 0 Å². The number of carbonyl (C=O) groups is 2. The molecule has 0 radical (unpaired) electrons. The number of para-hydroxylation sites is 1. The van der Waals surface area contributed by atoms with Gasteiger partial charge >= 0.3 is 11.8 Å². The van der Waals surface area contributed by atoms with Crippen molar-refractivity contribution in [3.8, 4) is 0 Å². The Bertz CT molecular complexity index is 470. The minimum atomic E-state index is -0.606. The summed E-state index contributed by atoms with van der Waals surface area (Å²) >= 11 is 0. The summed E-state index contributed by atoms with van der Waals surface area (Å²) in [6, 6.07) is 7.51. The van der Waals surface area contributed by atoms with E-state index in [1.807, 2.05) is 31.2 Å². The maximum absolute atomic E-state index is 11.9. The van der Waals surface area contributed by atoms with Crippen molar-refractivity contribution in [3.05, 3.63) is 29.8 Å². The van der Waals surface area contributed by atoms with Gasteiger partial charge in [0.2, 0.25) is 0 Å². The monoisotopic (exact) mass is 292 g/mol. The van der Waals surface area contributed by atoms with Gasteiger partial charge in [-0.1, -0.05) is 25.1 Å². The van der Waals surface area contributed by atoms with Crippen molar-refractivity contribution in [3.63, 3.8) is 0 Å². The minimum Gasteiger partial charge on any atom is -0.342 e. The fourth-order valence-corrected chi connectivity index (χ4v) is 2.17. The number of quaternary nitrogens is 1. The Hall–Kier alpha value is -1.88. The van der Waals surface area contributed by atoms with Gasteiger partial charge in [0.1, 0.15) is 0 Å². The highest BCUT2D eigenvalue weighted by Gasteiger charge is 2.15. The Labute approximate surface area is 126 Å². The lowest BCUT2D eigenvalue weighted by molar-refractivity contribution is -0.895. The highest BCUT2D eigenvalue weighted by atomic mass is 16.2. The van der Waals surface area contributed by atoms with Crippen LogP contribution in [0.5, 0.6) is 0 Å². The van der Waals surface area contributed by atoms with Gasteiger partial charge in [-0.2, -0.15) is 0 Å². The zero-order valence-electron chi connectivity index (χ0n) is 13.2. The maximum Gasteiger partial charge on any atom is 0.313 e. The van der Waals surface area contributed by atoms with Crippen LogP contribution in [0.4, 0.5) is 5.69 Å².